The van der Waals surface area contributed by atoms with E-state index in [9.17, 15) is 10.2 Å². The Balaban J connectivity index is 3.96. The molecule has 0 aliphatic heterocycles. The Labute approximate surface area is 67.3 Å². The van der Waals surface area contributed by atoms with Crippen molar-refractivity contribution in [2.75, 3.05) is 0 Å². The number of aliphatic hydroxyl groups is 2. The molecular formula is C8H15NO2. The minimum atomic E-state index is -1.40. The Bertz CT molecular complexity index is 158. The van der Waals surface area contributed by atoms with Gasteiger partial charge in [0.15, 0.2) is 5.60 Å². The third-order valence-corrected chi connectivity index (χ3v) is 1.62. The summed E-state index contributed by atoms with van der Waals surface area (Å²) in [5.41, 5.74) is -1.40. The molecule has 0 spiro atoms. The molecule has 3 nitrogen and oxygen atoms in total. The highest BCUT2D eigenvalue weighted by Gasteiger charge is 2.25. The molecule has 3 heteroatoms. The first kappa shape index (κ1) is 10.4. The summed E-state index contributed by atoms with van der Waals surface area (Å²) < 4.78 is 0. The molecule has 0 radical (unpaired) electrons. The maximum Gasteiger partial charge on any atom is 0.150 e. The second-order valence-electron chi connectivity index (χ2n) is 3.40. The standard InChI is InChI=1S/C8H15NO2/c1-6(2)7(10)4-8(3,11)5-9/h6-7,10-11H,4H2,1-3H3/t7-,8-/m0/s1. The third-order valence-electron chi connectivity index (χ3n) is 1.62. The van der Waals surface area contributed by atoms with E-state index in [4.69, 9.17) is 5.26 Å². The van der Waals surface area contributed by atoms with E-state index in [0.29, 0.717) is 0 Å². The van der Waals surface area contributed by atoms with Crippen LogP contribution >= 0.6 is 0 Å². The maximum absolute atomic E-state index is 9.28. The Hall–Kier alpha value is -0.590. The molecule has 2 atom stereocenters. The van der Waals surface area contributed by atoms with Gasteiger partial charge < -0.3 is 10.2 Å². The molecule has 11 heavy (non-hydrogen) atoms. The van der Waals surface area contributed by atoms with E-state index in [1.165, 1.54) is 6.92 Å². The Morgan fingerprint density at radius 1 is 1.55 bits per heavy atom. The highest BCUT2D eigenvalue weighted by atomic mass is 16.3. The largest absolute Gasteiger partial charge is 0.393 e. The first-order valence-corrected chi connectivity index (χ1v) is 3.71. The van der Waals surface area contributed by atoms with Crippen molar-refractivity contribution in [3.8, 4) is 6.07 Å². The normalized spacial score (nSPS) is 19.0. The zero-order valence-corrected chi connectivity index (χ0v) is 7.20. The van der Waals surface area contributed by atoms with Crippen molar-refractivity contribution < 1.29 is 10.2 Å². The van der Waals surface area contributed by atoms with E-state index < -0.39 is 11.7 Å². The van der Waals surface area contributed by atoms with Crippen molar-refractivity contribution in [1.29, 1.82) is 5.26 Å². The molecule has 0 saturated carbocycles. The van der Waals surface area contributed by atoms with Gasteiger partial charge in [-0.05, 0) is 12.8 Å². The van der Waals surface area contributed by atoms with Gasteiger partial charge in [-0.15, -0.1) is 0 Å². The lowest BCUT2D eigenvalue weighted by Gasteiger charge is -2.20. The van der Waals surface area contributed by atoms with Crippen LogP contribution in [-0.2, 0) is 0 Å². The minimum absolute atomic E-state index is 0.0785. The summed E-state index contributed by atoms with van der Waals surface area (Å²) in [4.78, 5) is 0. The number of rotatable bonds is 3. The van der Waals surface area contributed by atoms with E-state index >= 15 is 0 Å². The molecule has 0 saturated heterocycles. The zero-order valence-electron chi connectivity index (χ0n) is 7.20. The molecule has 2 N–H and O–H groups in total. The van der Waals surface area contributed by atoms with E-state index in [2.05, 4.69) is 0 Å². The van der Waals surface area contributed by atoms with Crippen molar-refractivity contribution in [3.05, 3.63) is 0 Å². The molecule has 0 heterocycles. The quantitative estimate of drug-likeness (QED) is 0.592. The van der Waals surface area contributed by atoms with Crippen LogP contribution in [0.2, 0.25) is 0 Å². The van der Waals surface area contributed by atoms with E-state index in [0.717, 1.165) is 0 Å². The Morgan fingerprint density at radius 3 is 2.27 bits per heavy atom. The maximum atomic E-state index is 9.28. The lowest BCUT2D eigenvalue weighted by Crippen LogP contribution is -2.30. The molecule has 0 aliphatic rings. The van der Waals surface area contributed by atoms with E-state index in [1.807, 2.05) is 13.8 Å². The predicted molar refractivity (Wildman–Crippen MR) is 41.7 cm³/mol. The Kier molecular flexibility index (Phi) is 3.50. The second kappa shape index (κ2) is 3.70. The number of nitriles is 1. The fourth-order valence-electron chi connectivity index (χ4n) is 0.689. The summed E-state index contributed by atoms with van der Waals surface area (Å²) in [5, 5.41) is 26.9. The SMILES string of the molecule is CC(C)[C@@H](O)C[C@](C)(O)C#N. The molecule has 0 aromatic heterocycles. The van der Waals surface area contributed by atoms with E-state index in [-0.39, 0.29) is 12.3 Å². The van der Waals surface area contributed by atoms with Crippen LogP contribution in [0, 0.1) is 17.2 Å². The molecule has 0 aromatic carbocycles. The zero-order chi connectivity index (χ0) is 9.07. The van der Waals surface area contributed by atoms with Crippen molar-refractivity contribution in [3.63, 3.8) is 0 Å². The number of nitrogens with zero attached hydrogens (tertiary/aromatic N) is 1. The first-order valence-electron chi connectivity index (χ1n) is 3.71. The smallest absolute Gasteiger partial charge is 0.150 e. The molecule has 0 fully saturated rings. The average Bonchev–Trinajstić information content (AvgIpc) is 1.87. The summed E-state index contributed by atoms with van der Waals surface area (Å²) in [6, 6.07) is 1.72. The van der Waals surface area contributed by atoms with Gasteiger partial charge in [0.05, 0.1) is 12.2 Å². The van der Waals surface area contributed by atoms with Gasteiger partial charge in [-0.3, -0.25) is 0 Å². The molecule has 0 aromatic rings. The summed E-state index contributed by atoms with van der Waals surface area (Å²) >= 11 is 0. The topological polar surface area (TPSA) is 64.2 Å². The summed E-state index contributed by atoms with van der Waals surface area (Å²) in [6.45, 7) is 5.09. The predicted octanol–water partition coefficient (Wildman–Crippen LogP) is 0.668. The van der Waals surface area contributed by atoms with Gasteiger partial charge in [0, 0.05) is 6.42 Å². The fourth-order valence-corrected chi connectivity index (χ4v) is 0.689. The van der Waals surface area contributed by atoms with Crippen LogP contribution < -0.4 is 0 Å². The molecule has 0 aliphatic carbocycles. The van der Waals surface area contributed by atoms with Gasteiger partial charge in [0.25, 0.3) is 0 Å². The third kappa shape index (κ3) is 3.97. The van der Waals surface area contributed by atoms with Crippen molar-refractivity contribution in [1.82, 2.24) is 0 Å². The highest BCUT2D eigenvalue weighted by Crippen LogP contribution is 2.15. The van der Waals surface area contributed by atoms with E-state index in [1.54, 1.807) is 6.07 Å². The monoisotopic (exact) mass is 157 g/mol. The number of hydrogen-bond acceptors (Lipinski definition) is 3. The molecular weight excluding hydrogens is 142 g/mol. The lowest BCUT2D eigenvalue weighted by atomic mass is 9.94. The van der Waals surface area contributed by atoms with Gasteiger partial charge in [-0.2, -0.15) is 5.26 Å². The number of aliphatic hydroxyl groups excluding tert-OH is 1. The van der Waals surface area contributed by atoms with Crippen LogP contribution in [0.15, 0.2) is 0 Å². The van der Waals surface area contributed by atoms with Gasteiger partial charge >= 0.3 is 0 Å². The minimum Gasteiger partial charge on any atom is -0.393 e. The molecule has 64 valence electrons. The van der Waals surface area contributed by atoms with Crippen LogP contribution in [0.3, 0.4) is 0 Å². The summed E-state index contributed by atoms with van der Waals surface area (Å²) in [6.07, 6.45) is -0.495. The van der Waals surface area contributed by atoms with Gasteiger partial charge in [-0.25, -0.2) is 0 Å². The van der Waals surface area contributed by atoms with Crippen LogP contribution in [0.4, 0.5) is 0 Å². The van der Waals surface area contributed by atoms with Crippen LogP contribution in [-0.4, -0.2) is 21.9 Å². The van der Waals surface area contributed by atoms with Gasteiger partial charge in [0.1, 0.15) is 0 Å². The first-order chi connectivity index (χ1) is 4.89. The molecule has 0 amide bonds. The molecule has 0 unspecified atom stereocenters. The second-order valence-corrected chi connectivity index (χ2v) is 3.40. The van der Waals surface area contributed by atoms with Crippen LogP contribution in [0.5, 0.6) is 0 Å². The average molecular weight is 157 g/mol. The number of hydrogen-bond donors (Lipinski definition) is 2. The van der Waals surface area contributed by atoms with Gasteiger partial charge in [0.2, 0.25) is 0 Å². The lowest BCUT2D eigenvalue weighted by molar-refractivity contribution is 0.0251. The van der Waals surface area contributed by atoms with Crippen LogP contribution in [0.25, 0.3) is 0 Å². The van der Waals surface area contributed by atoms with Gasteiger partial charge in [-0.1, -0.05) is 13.8 Å². The fraction of sp³-hybridized carbons (Fsp3) is 0.875. The van der Waals surface area contributed by atoms with Crippen molar-refractivity contribution in [2.24, 2.45) is 5.92 Å². The highest BCUT2D eigenvalue weighted by molar-refractivity contribution is 4.97. The van der Waals surface area contributed by atoms with Crippen LogP contribution in [0.1, 0.15) is 27.2 Å². The summed E-state index contributed by atoms with van der Waals surface area (Å²) in [5.74, 6) is 0.0785. The Morgan fingerprint density at radius 2 is 2.00 bits per heavy atom. The van der Waals surface area contributed by atoms with Crippen molar-refractivity contribution in [2.45, 2.75) is 38.9 Å². The van der Waals surface area contributed by atoms with Crippen molar-refractivity contribution >= 4 is 0 Å². The molecule has 0 bridgehead atoms. The summed E-state index contributed by atoms with van der Waals surface area (Å²) in [7, 11) is 0. The molecule has 0 rings (SSSR count).